The zero-order chi connectivity index (χ0) is 28.2. The second kappa shape index (κ2) is 11.4. The van der Waals surface area contributed by atoms with Crippen molar-refractivity contribution in [2.45, 2.75) is 12.6 Å². The van der Waals surface area contributed by atoms with Crippen molar-refractivity contribution in [2.24, 2.45) is 0 Å². The van der Waals surface area contributed by atoms with Crippen molar-refractivity contribution in [3.05, 3.63) is 71.5 Å². The SMILES string of the molecule is COc1ccc2c(Oc3ncc(NC(=O)CC(=O)Nc4cccc(C(F)(F)F)c4)cc3Cl)ccnc2c1OC. The highest BCUT2D eigenvalue weighted by Crippen LogP contribution is 2.39. The first-order valence-corrected chi connectivity index (χ1v) is 11.6. The van der Waals surface area contributed by atoms with Crippen molar-refractivity contribution in [3.8, 4) is 23.1 Å². The fraction of sp³-hybridized carbons (Fsp3) is 0.154. The van der Waals surface area contributed by atoms with Crippen LogP contribution in [0.2, 0.25) is 5.02 Å². The molecule has 4 rings (SSSR count). The first-order chi connectivity index (χ1) is 18.6. The van der Waals surface area contributed by atoms with Crippen LogP contribution in [0.4, 0.5) is 24.5 Å². The Morgan fingerprint density at radius 3 is 2.33 bits per heavy atom. The van der Waals surface area contributed by atoms with Crippen molar-refractivity contribution in [3.63, 3.8) is 0 Å². The van der Waals surface area contributed by atoms with Gasteiger partial charge in [0.1, 0.15) is 22.7 Å². The van der Waals surface area contributed by atoms with E-state index in [-0.39, 0.29) is 22.3 Å². The number of aromatic nitrogens is 2. The van der Waals surface area contributed by atoms with E-state index >= 15 is 0 Å². The molecule has 0 saturated carbocycles. The highest BCUT2D eigenvalue weighted by atomic mass is 35.5. The van der Waals surface area contributed by atoms with E-state index in [0.717, 1.165) is 18.2 Å². The van der Waals surface area contributed by atoms with E-state index in [9.17, 15) is 22.8 Å². The van der Waals surface area contributed by atoms with Crippen LogP contribution in [0.5, 0.6) is 23.1 Å². The van der Waals surface area contributed by atoms with Gasteiger partial charge in [-0.1, -0.05) is 17.7 Å². The Balaban J connectivity index is 1.42. The number of rotatable bonds is 8. The van der Waals surface area contributed by atoms with Gasteiger partial charge in [-0.3, -0.25) is 14.6 Å². The molecule has 9 nitrogen and oxygen atoms in total. The van der Waals surface area contributed by atoms with Crippen LogP contribution in [-0.4, -0.2) is 36.0 Å². The van der Waals surface area contributed by atoms with Crippen LogP contribution in [0.1, 0.15) is 12.0 Å². The first kappa shape index (κ1) is 27.5. The largest absolute Gasteiger partial charge is 0.493 e. The van der Waals surface area contributed by atoms with Gasteiger partial charge in [0.05, 0.1) is 31.7 Å². The lowest BCUT2D eigenvalue weighted by molar-refractivity contribution is -0.137. The van der Waals surface area contributed by atoms with E-state index in [1.54, 1.807) is 18.2 Å². The van der Waals surface area contributed by atoms with Gasteiger partial charge in [-0.2, -0.15) is 13.2 Å². The molecule has 202 valence electrons. The van der Waals surface area contributed by atoms with Crippen molar-refractivity contribution in [1.29, 1.82) is 0 Å². The second-order valence-corrected chi connectivity index (χ2v) is 8.38. The molecule has 4 aromatic rings. The molecule has 39 heavy (non-hydrogen) atoms. The second-order valence-electron chi connectivity index (χ2n) is 7.97. The summed E-state index contributed by atoms with van der Waals surface area (Å²) in [7, 11) is 3.00. The third kappa shape index (κ3) is 6.47. The number of carbonyl (C=O) groups excluding carboxylic acids is 2. The molecule has 2 heterocycles. The Hall–Kier alpha value is -4.58. The van der Waals surface area contributed by atoms with Crippen LogP contribution in [0.15, 0.2) is 60.9 Å². The Bertz CT molecular complexity index is 1550. The molecule has 0 spiro atoms. The molecule has 2 aromatic heterocycles. The minimum Gasteiger partial charge on any atom is -0.493 e. The van der Waals surface area contributed by atoms with Crippen molar-refractivity contribution in [1.82, 2.24) is 9.97 Å². The fourth-order valence-corrected chi connectivity index (χ4v) is 3.80. The maximum Gasteiger partial charge on any atom is 0.416 e. The van der Waals surface area contributed by atoms with Gasteiger partial charge in [-0.05, 0) is 42.5 Å². The van der Waals surface area contributed by atoms with E-state index in [0.29, 0.717) is 28.2 Å². The number of methoxy groups -OCH3 is 2. The number of halogens is 4. The minimum absolute atomic E-state index is 0.0410. The summed E-state index contributed by atoms with van der Waals surface area (Å²) in [5.74, 6) is -0.184. The van der Waals surface area contributed by atoms with E-state index in [2.05, 4.69) is 20.6 Å². The zero-order valence-corrected chi connectivity index (χ0v) is 21.2. The quantitative estimate of drug-likeness (QED) is 0.251. The molecule has 0 unspecified atom stereocenters. The number of carbonyl (C=O) groups is 2. The highest BCUT2D eigenvalue weighted by Gasteiger charge is 2.30. The van der Waals surface area contributed by atoms with Gasteiger partial charge in [0.15, 0.2) is 11.5 Å². The number of hydrogen-bond donors (Lipinski definition) is 2. The van der Waals surface area contributed by atoms with Crippen LogP contribution in [0.3, 0.4) is 0 Å². The summed E-state index contributed by atoms with van der Waals surface area (Å²) >= 11 is 6.31. The van der Waals surface area contributed by atoms with E-state index in [1.165, 1.54) is 38.7 Å². The number of nitrogens with one attached hydrogen (secondary N) is 2. The molecule has 2 aromatic carbocycles. The van der Waals surface area contributed by atoms with Crippen LogP contribution >= 0.6 is 11.6 Å². The summed E-state index contributed by atoms with van der Waals surface area (Å²) < 4.78 is 55.2. The molecule has 13 heteroatoms. The summed E-state index contributed by atoms with van der Waals surface area (Å²) in [6, 6.07) is 10.5. The van der Waals surface area contributed by atoms with Crippen molar-refractivity contribution in [2.75, 3.05) is 24.9 Å². The van der Waals surface area contributed by atoms with Gasteiger partial charge >= 0.3 is 6.18 Å². The maximum atomic E-state index is 12.9. The van der Waals surface area contributed by atoms with Crippen LogP contribution in [-0.2, 0) is 15.8 Å². The fourth-order valence-electron chi connectivity index (χ4n) is 3.60. The summed E-state index contributed by atoms with van der Waals surface area (Å²) in [6.45, 7) is 0. The normalized spacial score (nSPS) is 11.1. The Morgan fingerprint density at radius 1 is 0.923 bits per heavy atom. The molecular weight excluding hydrogens is 541 g/mol. The third-order valence-electron chi connectivity index (χ3n) is 5.31. The molecule has 0 aliphatic heterocycles. The minimum atomic E-state index is -4.56. The third-order valence-corrected chi connectivity index (χ3v) is 5.58. The predicted molar refractivity (Wildman–Crippen MR) is 137 cm³/mol. The van der Waals surface area contributed by atoms with Crippen molar-refractivity contribution < 1.29 is 37.0 Å². The van der Waals surface area contributed by atoms with Gasteiger partial charge in [0.25, 0.3) is 0 Å². The van der Waals surface area contributed by atoms with Gasteiger partial charge < -0.3 is 24.8 Å². The molecular formula is C26H20ClF3N4O5. The maximum absolute atomic E-state index is 12.9. The summed E-state index contributed by atoms with van der Waals surface area (Å²) in [4.78, 5) is 32.9. The van der Waals surface area contributed by atoms with Crippen LogP contribution in [0, 0.1) is 0 Å². The van der Waals surface area contributed by atoms with E-state index in [4.69, 9.17) is 25.8 Å². The van der Waals surface area contributed by atoms with Gasteiger partial charge in [0.2, 0.25) is 17.7 Å². The number of nitrogens with zero attached hydrogens (tertiary/aromatic N) is 2. The molecule has 2 N–H and O–H groups in total. The van der Waals surface area contributed by atoms with E-state index < -0.39 is 30.0 Å². The highest BCUT2D eigenvalue weighted by molar-refractivity contribution is 6.32. The average molecular weight is 561 g/mol. The molecule has 0 atom stereocenters. The lowest BCUT2D eigenvalue weighted by Gasteiger charge is -2.13. The molecule has 0 fully saturated rings. The Labute approximate surface area is 224 Å². The van der Waals surface area contributed by atoms with Gasteiger partial charge in [-0.25, -0.2) is 4.98 Å². The van der Waals surface area contributed by atoms with Gasteiger partial charge in [0, 0.05) is 17.3 Å². The number of anilines is 2. The molecule has 0 saturated heterocycles. The van der Waals surface area contributed by atoms with Crippen LogP contribution in [0.25, 0.3) is 10.9 Å². The monoisotopic (exact) mass is 560 g/mol. The number of ether oxygens (including phenoxy) is 3. The number of fused-ring (bicyclic) bond motifs is 1. The molecule has 0 bridgehead atoms. The predicted octanol–water partition coefficient (Wildman–Crippen LogP) is 6.08. The zero-order valence-electron chi connectivity index (χ0n) is 20.4. The number of amides is 2. The number of pyridine rings is 2. The molecule has 2 amide bonds. The van der Waals surface area contributed by atoms with Crippen molar-refractivity contribution >= 4 is 45.7 Å². The van der Waals surface area contributed by atoms with E-state index in [1.807, 2.05) is 0 Å². The average Bonchev–Trinajstić information content (AvgIpc) is 2.89. The topological polar surface area (TPSA) is 112 Å². The summed E-state index contributed by atoms with van der Waals surface area (Å²) in [5.41, 5.74) is -0.340. The lowest BCUT2D eigenvalue weighted by Crippen LogP contribution is -2.21. The lowest BCUT2D eigenvalue weighted by atomic mass is 10.1. The molecule has 0 radical (unpaired) electrons. The molecule has 0 aliphatic carbocycles. The van der Waals surface area contributed by atoms with Gasteiger partial charge in [-0.15, -0.1) is 0 Å². The molecule has 0 aliphatic rings. The number of alkyl halides is 3. The Kier molecular flexibility index (Phi) is 8.05. The smallest absolute Gasteiger partial charge is 0.416 e. The number of hydrogen-bond acceptors (Lipinski definition) is 7. The number of benzene rings is 2. The summed E-state index contributed by atoms with van der Waals surface area (Å²) in [6.07, 6.45) is -2.42. The standard InChI is InChI=1S/C26H20ClF3N4O5/c1-37-20-7-6-17-19(8-9-31-23(17)24(20)38-2)39-25-18(27)11-16(13-32-25)34-22(36)12-21(35)33-15-5-3-4-14(10-15)26(28,29)30/h3-11,13H,12H2,1-2H3,(H,33,35)(H,34,36). The summed E-state index contributed by atoms with van der Waals surface area (Å²) in [5, 5.41) is 5.40. The first-order valence-electron chi connectivity index (χ1n) is 11.2. The van der Waals surface area contributed by atoms with Crippen LogP contribution < -0.4 is 24.8 Å². The Morgan fingerprint density at radius 2 is 1.67 bits per heavy atom.